The van der Waals surface area contributed by atoms with Gasteiger partial charge in [-0.25, -0.2) is 9.78 Å². The number of carbonyl (C=O) groups excluding carboxylic acids is 1. The molecule has 2 bridgehead atoms. The van der Waals surface area contributed by atoms with Crippen molar-refractivity contribution in [3.63, 3.8) is 0 Å². The number of esters is 1. The Morgan fingerprint density at radius 3 is 3.00 bits per heavy atom. The largest absolute Gasteiger partial charge is 0.465 e. The zero-order valence-corrected chi connectivity index (χ0v) is 11.7. The SMILES string of the molecule is COC(=O)c1ccc(N2CCC3COCC(C3)C2)nc1. The Hall–Kier alpha value is -1.62. The predicted octanol–water partition coefficient (Wildman–Crippen LogP) is 1.73. The lowest BCUT2D eigenvalue weighted by Gasteiger charge is -2.27. The summed E-state index contributed by atoms with van der Waals surface area (Å²) >= 11 is 0. The normalized spacial score (nSPS) is 25.9. The number of hydrogen-bond acceptors (Lipinski definition) is 5. The average Bonchev–Trinajstić information content (AvgIpc) is 2.65. The van der Waals surface area contributed by atoms with Gasteiger partial charge in [-0.1, -0.05) is 0 Å². The standard InChI is InChI=1S/C15H20N2O3/c1-19-15(18)13-2-3-14(16-7-13)17-5-4-11-6-12(8-17)10-20-9-11/h2-3,7,11-12H,4-6,8-10H2,1H3. The van der Waals surface area contributed by atoms with Crippen LogP contribution in [0.3, 0.4) is 0 Å². The molecule has 2 atom stereocenters. The first kappa shape index (κ1) is 13.4. The molecule has 5 nitrogen and oxygen atoms in total. The third-order valence-corrected chi connectivity index (χ3v) is 4.15. The minimum absolute atomic E-state index is 0.343. The summed E-state index contributed by atoms with van der Waals surface area (Å²) in [5.74, 6) is 1.88. The number of anilines is 1. The highest BCUT2D eigenvalue weighted by Gasteiger charge is 2.28. The summed E-state index contributed by atoms with van der Waals surface area (Å²) in [7, 11) is 1.38. The van der Waals surface area contributed by atoms with E-state index in [0.717, 1.165) is 38.5 Å². The van der Waals surface area contributed by atoms with Crippen molar-refractivity contribution in [2.75, 3.05) is 38.3 Å². The first-order chi connectivity index (χ1) is 9.76. The summed E-state index contributed by atoms with van der Waals surface area (Å²) in [5, 5.41) is 0. The lowest BCUT2D eigenvalue weighted by molar-refractivity contribution is 0.0224. The summed E-state index contributed by atoms with van der Waals surface area (Å²) < 4.78 is 10.3. The number of rotatable bonds is 2. The summed E-state index contributed by atoms with van der Waals surface area (Å²) in [5.41, 5.74) is 0.494. The van der Waals surface area contributed by atoms with E-state index < -0.39 is 0 Å². The maximum absolute atomic E-state index is 11.4. The van der Waals surface area contributed by atoms with Gasteiger partial charge < -0.3 is 14.4 Å². The van der Waals surface area contributed by atoms with E-state index in [1.54, 1.807) is 12.3 Å². The van der Waals surface area contributed by atoms with Crippen molar-refractivity contribution < 1.29 is 14.3 Å². The van der Waals surface area contributed by atoms with Crippen molar-refractivity contribution in [3.8, 4) is 0 Å². The smallest absolute Gasteiger partial charge is 0.339 e. The van der Waals surface area contributed by atoms with E-state index in [4.69, 9.17) is 4.74 Å². The lowest BCUT2D eigenvalue weighted by atomic mass is 9.93. The van der Waals surface area contributed by atoms with Crippen molar-refractivity contribution in [3.05, 3.63) is 23.9 Å². The third-order valence-electron chi connectivity index (χ3n) is 4.15. The first-order valence-corrected chi connectivity index (χ1v) is 7.13. The Bertz CT molecular complexity index is 475. The lowest BCUT2D eigenvalue weighted by Crippen LogP contribution is -2.31. The van der Waals surface area contributed by atoms with E-state index in [2.05, 4.69) is 14.6 Å². The second kappa shape index (κ2) is 5.79. The van der Waals surface area contributed by atoms with Crippen LogP contribution in [-0.4, -0.2) is 44.4 Å². The van der Waals surface area contributed by atoms with E-state index in [1.165, 1.54) is 13.5 Å². The quantitative estimate of drug-likeness (QED) is 0.770. The molecule has 5 heteroatoms. The number of methoxy groups -OCH3 is 1. The number of carbonyl (C=O) groups is 1. The van der Waals surface area contributed by atoms with Crippen LogP contribution < -0.4 is 4.90 Å². The van der Waals surface area contributed by atoms with Crippen LogP contribution >= 0.6 is 0 Å². The summed E-state index contributed by atoms with van der Waals surface area (Å²) in [6, 6.07) is 3.68. The van der Waals surface area contributed by atoms with Gasteiger partial charge in [-0.15, -0.1) is 0 Å². The molecule has 0 spiro atoms. The molecule has 2 aliphatic heterocycles. The summed E-state index contributed by atoms with van der Waals surface area (Å²) in [6.45, 7) is 3.75. The fraction of sp³-hybridized carbons (Fsp3) is 0.600. The summed E-state index contributed by atoms with van der Waals surface area (Å²) in [4.78, 5) is 18.1. The van der Waals surface area contributed by atoms with Crippen LogP contribution in [0.4, 0.5) is 5.82 Å². The molecule has 0 radical (unpaired) electrons. The summed E-state index contributed by atoms with van der Waals surface area (Å²) in [6.07, 6.45) is 4.00. The van der Waals surface area contributed by atoms with Crippen molar-refractivity contribution in [1.29, 1.82) is 0 Å². The number of hydrogen-bond donors (Lipinski definition) is 0. The maximum Gasteiger partial charge on any atom is 0.339 e. The van der Waals surface area contributed by atoms with Gasteiger partial charge in [0.05, 0.1) is 19.3 Å². The fourth-order valence-corrected chi connectivity index (χ4v) is 3.10. The first-order valence-electron chi connectivity index (χ1n) is 7.13. The van der Waals surface area contributed by atoms with Crippen LogP contribution in [0, 0.1) is 11.8 Å². The molecule has 2 aliphatic rings. The highest BCUT2D eigenvalue weighted by molar-refractivity contribution is 5.89. The highest BCUT2D eigenvalue weighted by Crippen LogP contribution is 2.29. The van der Waals surface area contributed by atoms with E-state index in [-0.39, 0.29) is 5.97 Å². The predicted molar refractivity (Wildman–Crippen MR) is 74.8 cm³/mol. The molecule has 0 N–H and O–H groups in total. The number of pyridine rings is 1. The Morgan fingerprint density at radius 1 is 1.40 bits per heavy atom. The number of nitrogens with zero attached hydrogens (tertiary/aromatic N) is 2. The molecule has 1 aromatic rings. The zero-order valence-electron chi connectivity index (χ0n) is 11.7. The van der Waals surface area contributed by atoms with Crippen LogP contribution in [0.2, 0.25) is 0 Å². The molecule has 108 valence electrons. The monoisotopic (exact) mass is 276 g/mol. The molecule has 2 saturated heterocycles. The van der Waals surface area contributed by atoms with Gasteiger partial charge in [0.15, 0.2) is 0 Å². The van der Waals surface area contributed by atoms with E-state index >= 15 is 0 Å². The van der Waals surface area contributed by atoms with Gasteiger partial charge in [0.2, 0.25) is 0 Å². The number of fused-ring (bicyclic) bond motifs is 2. The fourth-order valence-electron chi connectivity index (χ4n) is 3.10. The highest BCUT2D eigenvalue weighted by atomic mass is 16.5. The van der Waals surface area contributed by atoms with Crippen LogP contribution in [0.25, 0.3) is 0 Å². The maximum atomic E-state index is 11.4. The molecule has 0 amide bonds. The van der Waals surface area contributed by atoms with Gasteiger partial charge in [-0.3, -0.25) is 0 Å². The van der Waals surface area contributed by atoms with Crippen molar-refractivity contribution in [2.45, 2.75) is 12.8 Å². The number of ether oxygens (including phenoxy) is 2. The van der Waals surface area contributed by atoms with Crippen LogP contribution in [0.15, 0.2) is 18.3 Å². The minimum atomic E-state index is -0.343. The Balaban J connectivity index is 1.73. The van der Waals surface area contributed by atoms with Gasteiger partial charge in [0.1, 0.15) is 5.82 Å². The number of aromatic nitrogens is 1. The zero-order chi connectivity index (χ0) is 13.9. The molecule has 2 unspecified atom stereocenters. The minimum Gasteiger partial charge on any atom is -0.465 e. The molecular weight excluding hydrogens is 256 g/mol. The average molecular weight is 276 g/mol. The van der Waals surface area contributed by atoms with Crippen LogP contribution in [-0.2, 0) is 9.47 Å². The molecule has 0 aromatic carbocycles. The van der Waals surface area contributed by atoms with Crippen molar-refractivity contribution >= 4 is 11.8 Å². The Kier molecular flexibility index (Phi) is 3.87. The van der Waals surface area contributed by atoms with E-state index in [9.17, 15) is 4.79 Å². The molecule has 1 aromatic heterocycles. The molecule has 0 aliphatic carbocycles. The van der Waals surface area contributed by atoms with E-state index in [0.29, 0.717) is 17.4 Å². The van der Waals surface area contributed by atoms with Crippen LogP contribution in [0.1, 0.15) is 23.2 Å². The molecule has 2 fully saturated rings. The van der Waals surface area contributed by atoms with Gasteiger partial charge in [0, 0.05) is 31.8 Å². The van der Waals surface area contributed by atoms with E-state index in [1.807, 2.05) is 6.07 Å². The molecular formula is C15H20N2O3. The molecule has 0 saturated carbocycles. The van der Waals surface area contributed by atoms with Crippen LogP contribution in [0.5, 0.6) is 0 Å². The Labute approximate surface area is 118 Å². The second-order valence-corrected chi connectivity index (χ2v) is 5.64. The molecule has 3 rings (SSSR count). The van der Waals surface area contributed by atoms with Gasteiger partial charge in [-0.2, -0.15) is 0 Å². The van der Waals surface area contributed by atoms with Crippen molar-refractivity contribution in [2.24, 2.45) is 11.8 Å². The van der Waals surface area contributed by atoms with Crippen molar-refractivity contribution in [1.82, 2.24) is 4.98 Å². The molecule has 20 heavy (non-hydrogen) atoms. The topological polar surface area (TPSA) is 51.7 Å². The van der Waals surface area contributed by atoms with Gasteiger partial charge >= 0.3 is 5.97 Å². The Morgan fingerprint density at radius 2 is 2.25 bits per heavy atom. The molecule has 3 heterocycles. The third kappa shape index (κ3) is 2.77. The van der Waals surface area contributed by atoms with Gasteiger partial charge in [-0.05, 0) is 30.9 Å². The van der Waals surface area contributed by atoms with Gasteiger partial charge in [0.25, 0.3) is 0 Å². The second-order valence-electron chi connectivity index (χ2n) is 5.64.